The third kappa shape index (κ3) is 3.06. The van der Waals surface area contributed by atoms with E-state index < -0.39 is 11.9 Å². The van der Waals surface area contributed by atoms with Gasteiger partial charge in [-0.25, -0.2) is 9.67 Å². The molecule has 124 valence electrons. The summed E-state index contributed by atoms with van der Waals surface area (Å²) in [5.41, 5.74) is -0.520. The highest BCUT2D eigenvalue weighted by Crippen LogP contribution is 2.31. The van der Waals surface area contributed by atoms with E-state index in [1.54, 1.807) is 11.9 Å². The monoisotopic (exact) mass is 328 g/mol. The van der Waals surface area contributed by atoms with Crippen LogP contribution in [0.5, 0.6) is 0 Å². The number of piperidine rings is 1. The topological polar surface area (TPSA) is 79.7 Å². The molecule has 2 aromatic heterocycles. The second-order valence-electron chi connectivity index (χ2n) is 5.51. The van der Waals surface area contributed by atoms with Gasteiger partial charge in [0.05, 0.1) is 12.4 Å². The third-order valence-electron chi connectivity index (χ3n) is 3.93. The number of nitrogens with one attached hydrogen (secondary N) is 1. The minimum absolute atomic E-state index is 0.232. The largest absolute Gasteiger partial charge is 0.432 e. The van der Waals surface area contributed by atoms with E-state index in [0.29, 0.717) is 31.6 Å². The van der Waals surface area contributed by atoms with Crippen molar-refractivity contribution >= 4 is 5.91 Å². The SMILES string of the molecule is Cn1nncc1C(=O)N1CCC[C@H](c2ncc(C(F)(F)F)[nH]2)C1. The summed E-state index contributed by atoms with van der Waals surface area (Å²) in [4.78, 5) is 20.2. The molecule has 0 aliphatic carbocycles. The first-order valence-electron chi connectivity index (χ1n) is 7.12. The average molecular weight is 328 g/mol. The summed E-state index contributed by atoms with van der Waals surface area (Å²) in [6, 6.07) is 0. The summed E-state index contributed by atoms with van der Waals surface area (Å²) in [5.74, 6) is -0.215. The Kier molecular flexibility index (Phi) is 3.82. The Balaban J connectivity index is 1.75. The molecule has 1 aliphatic heterocycles. The van der Waals surface area contributed by atoms with E-state index >= 15 is 0 Å². The number of halogens is 3. The molecule has 0 radical (unpaired) electrons. The lowest BCUT2D eigenvalue weighted by atomic mass is 9.97. The van der Waals surface area contributed by atoms with Crippen LogP contribution in [0, 0.1) is 0 Å². The molecule has 1 aliphatic rings. The molecule has 1 saturated heterocycles. The summed E-state index contributed by atoms with van der Waals surface area (Å²) in [5, 5.41) is 7.38. The second-order valence-corrected chi connectivity index (χ2v) is 5.51. The van der Waals surface area contributed by atoms with E-state index in [2.05, 4.69) is 20.3 Å². The Bertz CT molecular complexity index is 707. The molecule has 1 N–H and O–H groups in total. The van der Waals surface area contributed by atoms with Crippen LogP contribution in [-0.4, -0.2) is 48.9 Å². The molecule has 10 heteroatoms. The number of H-pyrrole nitrogens is 1. The summed E-state index contributed by atoms with van der Waals surface area (Å²) in [7, 11) is 1.61. The fraction of sp³-hybridized carbons (Fsp3) is 0.538. The van der Waals surface area contributed by atoms with Crippen molar-refractivity contribution in [2.75, 3.05) is 13.1 Å². The number of aryl methyl sites for hydroxylation is 1. The maximum absolute atomic E-state index is 12.7. The zero-order chi connectivity index (χ0) is 16.6. The Morgan fingerprint density at radius 1 is 1.39 bits per heavy atom. The highest BCUT2D eigenvalue weighted by atomic mass is 19.4. The number of carbonyl (C=O) groups is 1. The van der Waals surface area contributed by atoms with E-state index in [4.69, 9.17) is 0 Å². The van der Waals surface area contributed by atoms with Gasteiger partial charge in [-0.05, 0) is 12.8 Å². The molecular formula is C13H15F3N6O. The lowest BCUT2D eigenvalue weighted by Gasteiger charge is -2.31. The predicted octanol–water partition coefficient (Wildman–Crippen LogP) is 1.58. The van der Waals surface area contributed by atoms with Gasteiger partial charge in [0.25, 0.3) is 5.91 Å². The smallest absolute Gasteiger partial charge is 0.338 e. The van der Waals surface area contributed by atoms with Crippen molar-refractivity contribution in [1.29, 1.82) is 0 Å². The van der Waals surface area contributed by atoms with Gasteiger partial charge in [0.1, 0.15) is 17.2 Å². The van der Waals surface area contributed by atoms with Crippen molar-refractivity contribution < 1.29 is 18.0 Å². The number of hydrogen-bond donors (Lipinski definition) is 1. The van der Waals surface area contributed by atoms with E-state index in [1.165, 1.54) is 10.9 Å². The summed E-state index contributed by atoms with van der Waals surface area (Å²) in [6.07, 6.45) is -0.903. The van der Waals surface area contributed by atoms with Crippen LogP contribution in [0.1, 0.15) is 40.8 Å². The van der Waals surface area contributed by atoms with E-state index in [-0.39, 0.29) is 17.6 Å². The number of rotatable bonds is 2. The van der Waals surface area contributed by atoms with E-state index in [1.807, 2.05) is 0 Å². The van der Waals surface area contributed by atoms with Crippen molar-refractivity contribution in [3.63, 3.8) is 0 Å². The van der Waals surface area contributed by atoms with Gasteiger partial charge in [-0.1, -0.05) is 5.21 Å². The number of nitrogens with zero attached hydrogens (tertiary/aromatic N) is 5. The van der Waals surface area contributed by atoms with Gasteiger partial charge >= 0.3 is 6.18 Å². The Labute approximate surface area is 129 Å². The van der Waals surface area contributed by atoms with Gasteiger partial charge in [-0.3, -0.25) is 4.79 Å². The molecule has 2 aromatic rings. The molecule has 3 rings (SSSR count). The van der Waals surface area contributed by atoms with Crippen molar-refractivity contribution in [3.05, 3.63) is 29.6 Å². The number of alkyl halides is 3. The number of amides is 1. The highest BCUT2D eigenvalue weighted by Gasteiger charge is 2.35. The lowest BCUT2D eigenvalue weighted by Crippen LogP contribution is -2.40. The molecule has 23 heavy (non-hydrogen) atoms. The normalized spacial score (nSPS) is 19.1. The van der Waals surface area contributed by atoms with Gasteiger partial charge in [0.15, 0.2) is 0 Å². The van der Waals surface area contributed by atoms with Crippen LogP contribution in [0.25, 0.3) is 0 Å². The van der Waals surface area contributed by atoms with Crippen LogP contribution < -0.4 is 0 Å². The fourth-order valence-corrected chi connectivity index (χ4v) is 2.72. The molecule has 0 unspecified atom stereocenters. The first-order chi connectivity index (χ1) is 10.9. The Hall–Kier alpha value is -2.39. The van der Waals surface area contributed by atoms with Crippen molar-refractivity contribution in [2.45, 2.75) is 24.9 Å². The minimum Gasteiger partial charge on any atom is -0.338 e. The molecule has 0 bridgehead atoms. The van der Waals surface area contributed by atoms with Gasteiger partial charge in [-0.15, -0.1) is 5.10 Å². The summed E-state index contributed by atoms with van der Waals surface area (Å²) >= 11 is 0. The van der Waals surface area contributed by atoms with Crippen molar-refractivity contribution in [2.24, 2.45) is 7.05 Å². The maximum atomic E-state index is 12.7. The Morgan fingerprint density at radius 3 is 2.78 bits per heavy atom. The van der Waals surface area contributed by atoms with Crippen LogP contribution in [0.3, 0.4) is 0 Å². The molecule has 0 saturated carbocycles. The number of likely N-dealkylation sites (tertiary alicyclic amines) is 1. The quantitative estimate of drug-likeness (QED) is 0.908. The summed E-state index contributed by atoms with van der Waals surface area (Å²) < 4.78 is 39.3. The number of carbonyl (C=O) groups excluding carboxylic acids is 1. The van der Waals surface area contributed by atoms with E-state index in [0.717, 1.165) is 6.20 Å². The maximum Gasteiger partial charge on any atom is 0.432 e. The number of aromatic amines is 1. The Morgan fingerprint density at radius 2 is 2.17 bits per heavy atom. The molecule has 7 nitrogen and oxygen atoms in total. The van der Waals surface area contributed by atoms with Crippen LogP contribution in [0.2, 0.25) is 0 Å². The third-order valence-corrected chi connectivity index (χ3v) is 3.93. The molecule has 1 fully saturated rings. The van der Waals surface area contributed by atoms with Crippen molar-refractivity contribution in [1.82, 2.24) is 29.9 Å². The molecule has 3 heterocycles. The fourth-order valence-electron chi connectivity index (χ4n) is 2.72. The average Bonchev–Trinajstić information content (AvgIpc) is 3.15. The second kappa shape index (κ2) is 5.67. The van der Waals surface area contributed by atoms with Crippen LogP contribution in [-0.2, 0) is 13.2 Å². The zero-order valence-electron chi connectivity index (χ0n) is 12.3. The first-order valence-corrected chi connectivity index (χ1v) is 7.12. The van der Waals surface area contributed by atoms with E-state index in [9.17, 15) is 18.0 Å². The molecule has 1 atom stereocenters. The predicted molar refractivity (Wildman–Crippen MR) is 72.5 cm³/mol. The minimum atomic E-state index is -4.45. The number of aromatic nitrogens is 5. The summed E-state index contributed by atoms with van der Waals surface area (Å²) in [6.45, 7) is 0.863. The first kappa shape index (κ1) is 15.5. The van der Waals surface area contributed by atoms with Gasteiger partial charge in [0, 0.05) is 26.1 Å². The van der Waals surface area contributed by atoms with Gasteiger partial charge < -0.3 is 9.88 Å². The molecule has 1 amide bonds. The lowest BCUT2D eigenvalue weighted by molar-refractivity contribution is -0.141. The van der Waals surface area contributed by atoms with Crippen LogP contribution >= 0.6 is 0 Å². The molecule has 0 spiro atoms. The van der Waals surface area contributed by atoms with Gasteiger partial charge in [-0.2, -0.15) is 13.2 Å². The van der Waals surface area contributed by atoms with Crippen molar-refractivity contribution in [3.8, 4) is 0 Å². The number of hydrogen-bond acceptors (Lipinski definition) is 4. The zero-order valence-corrected chi connectivity index (χ0v) is 12.3. The molecular weight excluding hydrogens is 313 g/mol. The highest BCUT2D eigenvalue weighted by molar-refractivity contribution is 5.92. The van der Waals surface area contributed by atoms with Gasteiger partial charge in [0.2, 0.25) is 0 Å². The van der Waals surface area contributed by atoms with Crippen LogP contribution in [0.4, 0.5) is 13.2 Å². The molecule has 0 aromatic carbocycles. The number of imidazole rings is 1. The van der Waals surface area contributed by atoms with Crippen LogP contribution in [0.15, 0.2) is 12.4 Å². The standard InChI is InChI=1S/C13H15F3N6O/c1-21-9(5-18-20-21)12(23)22-4-2-3-8(7-22)11-17-6-10(19-11)13(14,15)16/h5-6,8H,2-4,7H2,1H3,(H,17,19)/t8-/m0/s1.